The molecule has 0 spiro atoms. The fourth-order valence-corrected chi connectivity index (χ4v) is 2.51. The van der Waals surface area contributed by atoms with Crippen molar-refractivity contribution < 1.29 is 9.59 Å². The molecule has 0 aliphatic carbocycles. The maximum atomic E-state index is 12.7. The Morgan fingerprint density at radius 1 is 0.731 bits per heavy atom. The molecule has 0 aliphatic heterocycles. The molecule has 5 heteroatoms. The van der Waals surface area contributed by atoms with Crippen LogP contribution in [0.15, 0.2) is 84.9 Å². The molecule has 0 aromatic heterocycles. The van der Waals surface area contributed by atoms with Gasteiger partial charge in [0.2, 0.25) is 5.91 Å². The van der Waals surface area contributed by atoms with Crippen molar-refractivity contribution in [2.75, 3.05) is 10.3 Å². The Balaban J connectivity index is 1.83. The van der Waals surface area contributed by atoms with Crippen LogP contribution in [0.25, 0.3) is 0 Å². The van der Waals surface area contributed by atoms with Crippen LogP contribution >= 0.6 is 0 Å². The summed E-state index contributed by atoms with van der Waals surface area (Å²) in [5.74, 6) is -0.395. The van der Waals surface area contributed by atoms with Gasteiger partial charge in [0.25, 0.3) is 5.91 Å². The summed E-state index contributed by atoms with van der Waals surface area (Å²) in [5.41, 5.74) is 5.78. The van der Waals surface area contributed by atoms with E-state index in [1.54, 1.807) is 29.3 Å². The number of amides is 2. The van der Waals surface area contributed by atoms with Gasteiger partial charge in [-0.1, -0.05) is 36.4 Å². The summed E-state index contributed by atoms with van der Waals surface area (Å²) < 4.78 is 0. The van der Waals surface area contributed by atoms with Crippen molar-refractivity contribution in [2.45, 2.75) is 6.92 Å². The Morgan fingerprint density at radius 2 is 1.23 bits per heavy atom. The molecule has 0 saturated carbocycles. The van der Waals surface area contributed by atoms with Crippen LogP contribution < -0.4 is 15.8 Å². The molecule has 0 radical (unpaired) electrons. The average molecular weight is 345 g/mol. The Labute approximate surface area is 152 Å². The van der Waals surface area contributed by atoms with Crippen molar-refractivity contribution in [2.24, 2.45) is 0 Å². The molecule has 3 aromatic rings. The molecule has 0 bridgehead atoms. The van der Waals surface area contributed by atoms with E-state index < -0.39 is 0 Å². The number of hydrogen-bond acceptors (Lipinski definition) is 3. The molecule has 0 saturated heterocycles. The largest absolute Gasteiger partial charge is 0.326 e. The van der Waals surface area contributed by atoms with Gasteiger partial charge in [0.1, 0.15) is 0 Å². The van der Waals surface area contributed by atoms with E-state index in [0.717, 1.165) is 11.4 Å². The van der Waals surface area contributed by atoms with Crippen LogP contribution in [0.5, 0.6) is 0 Å². The second kappa shape index (κ2) is 7.98. The van der Waals surface area contributed by atoms with Crippen molar-refractivity contribution >= 4 is 28.9 Å². The maximum absolute atomic E-state index is 12.7. The first-order valence-electron chi connectivity index (χ1n) is 8.22. The van der Waals surface area contributed by atoms with Gasteiger partial charge in [-0.25, -0.2) is 0 Å². The second-order valence-corrected chi connectivity index (χ2v) is 5.71. The van der Waals surface area contributed by atoms with Crippen molar-refractivity contribution in [3.05, 3.63) is 90.5 Å². The molecule has 0 unspecified atom stereocenters. The minimum absolute atomic E-state index is 0.151. The number of rotatable bonds is 5. The SMILES string of the molecule is CC(=O)Nc1ccc(C(=O)NN(c2ccccc2)c2ccccc2)cc1. The highest BCUT2D eigenvalue weighted by Gasteiger charge is 2.14. The van der Waals surface area contributed by atoms with E-state index in [-0.39, 0.29) is 11.8 Å². The summed E-state index contributed by atoms with van der Waals surface area (Å²) in [6.45, 7) is 1.44. The van der Waals surface area contributed by atoms with Gasteiger partial charge in [-0.05, 0) is 48.5 Å². The number of benzene rings is 3. The number of nitrogens with one attached hydrogen (secondary N) is 2. The van der Waals surface area contributed by atoms with Gasteiger partial charge < -0.3 is 5.32 Å². The van der Waals surface area contributed by atoms with E-state index in [2.05, 4.69) is 10.7 Å². The van der Waals surface area contributed by atoms with Crippen LogP contribution in [-0.2, 0) is 4.79 Å². The second-order valence-electron chi connectivity index (χ2n) is 5.71. The Morgan fingerprint density at radius 3 is 1.69 bits per heavy atom. The first-order chi connectivity index (χ1) is 12.6. The predicted octanol–water partition coefficient (Wildman–Crippen LogP) is 4.13. The third-order valence-corrected chi connectivity index (χ3v) is 3.71. The molecular weight excluding hydrogens is 326 g/mol. The standard InChI is InChI=1S/C21H19N3O2/c1-16(25)22-18-14-12-17(13-15-18)21(26)23-24(19-8-4-2-5-9-19)20-10-6-3-7-11-20/h2-15H,1H3,(H,22,25)(H,23,26). The molecule has 5 nitrogen and oxygen atoms in total. The minimum Gasteiger partial charge on any atom is -0.326 e. The fourth-order valence-electron chi connectivity index (χ4n) is 2.51. The predicted molar refractivity (Wildman–Crippen MR) is 103 cm³/mol. The topological polar surface area (TPSA) is 61.4 Å². The Hall–Kier alpha value is -3.60. The van der Waals surface area contributed by atoms with Gasteiger partial charge in [0.15, 0.2) is 0 Å². The van der Waals surface area contributed by atoms with Crippen LogP contribution in [0.2, 0.25) is 0 Å². The van der Waals surface area contributed by atoms with Crippen molar-refractivity contribution in [3.8, 4) is 0 Å². The molecule has 3 rings (SSSR count). The molecular formula is C21H19N3O2. The molecule has 26 heavy (non-hydrogen) atoms. The smallest absolute Gasteiger partial charge is 0.270 e. The number of carbonyl (C=O) groups is 2. The van der Waals surface area contributed by atoms with E-state index in [0.29, 0.717) is 11.3 Å². The normalized spacial score (nSPS) is 10.0. The number of para-hydroxylation sites is 2. The number of hydrazine groups is 1. The van der Waals surface area contributed by atoms with Gasteiger partial charge in [-0.15, -0.1) is 0 Å². The summed E-state index contributed by atoms with van der Waals surface area (Å²) in [4.78, 5) is 23.8. The lowest BCUT2D eigenvalue weighted by atomic mass is 10.2. The molecule has 130 valence electrons. The van der Waals surface area contributed by atoms with E-state index >= 15 is 0 Å². The van der Waals surface area contributed by atoms with E-state index in [4.69, 9.17) is 0 Å². The lowest BCUT2D eigenvalue weighted by molar-refractivity contribution is -0.114. The molecule has 0 heterocycles. The van der Waals surface area contributed by atoms with Crippen LogP contribution in [-0.4, -0.2) is 11.8 Å². The van der Waals surface area contributed by atoms with Crippen LogP contribution in [0.3, 0.4) is 0 Å². The molecule has 2 amide bonds. The highest BCUT2D eigenvalue weighted by atomic mass is 16.2. The summed E-state index contributed by atoms with van der Waals surface area (Å²) in [6.07, 6.45) is 0. The minimum atomic E-state index is -0.243. The van der Waals surface area contributed by atoms with Gasteiger partial charge >= 0.3 is 0 Å². The molecule has 0 atom stereocenters. The molecule has 0 aliphatic rings. The van der Waals surface area contributed by atoms with E-state index in [1.807, 2.05) is 60.7 Å². The maximum Gasteiger partial charge on any atom is 0.270 e. The summed E-state index contributed by atoms with van der Waals surface area (Å²) in [5, 5.41) is 4.42. The van der Waals surface area contributed by atoms with Gasteiger partial charge in [0, 0.05) is 18.2 Å². The fraction of sp³-hybridized carbons (Fsp3) is 0.0476. The summed E-state index contributed by atoms with van der Waals surface area (Å²) in [6, 6.07) is 26.0. The summed E-state index contributed by atoms with van der Waals surface area (Å²) in [7, 11) is 0. The number of hydrogen-bond donors (Lipinski definition) is 2. The van der Waals surface area contributed by atoms with E-state index in [9.17, 15) is 9.59 Å². The molecule has 3 aromatic carbocycles. The Bertz CT molecular complexity index is 839. The van der Waals surface area contributed by atoms with Crippen molar-refractivity contribution in [1.82, 2.24) is 5.43 Å². The third kappa shape index (κ3) is 4.27. The Kier molecular flexibility index (Phi) is 5.29. The van der Waals surface area contributed by atoms with Gasteiger partial charge in [-0.3, -0.25) is 20.0 Å². The first kappa shape index (κ1) is 17.2. The molecule has 2 N–H and O–H groups in total. The van der Waals surface area contributed by atoms with Gasteiger partial charge in [0.05, 0.1) is 11.4 Å². The number of anilines is 3. The monoisotopic (exact) mass is 345 g/mol. The van der Waals surface area contributed by atoms with Crippen LogP contribution in [0, 0.1) is 0 Å². The lowest BCUT2D eigenvalue weighted by Crippen LogP contribution is -2.38. The van der Waals surface area contributed by atoms with E-state index in [1.165, 1.54) is 6.92 Å². The zero-order valence-corrected chi connectivity index (χ0v) is 14.3. The van der Waals surface area contributed by atoms with Crippen LogP contribution in [0.1, 0.15) is 17.3 Å². The quantitative estimate of drug-likeness (QED) is 0.684. The zero-order valence-electron chi connectivity index (χ0n) is 14.3. The summed E-state index contributed by atoms with van der Waals surface area (Å²) >= 11 is 0. The first-order valence-corrected chi connectivity index (χ1v) is 8.22. The lowest BCUT2D eigenvalue weighted by Gasteiger charge is -2.25. The van der Waals surface area contributed by atoms with Crippen LogP contribution in [0.4, 0.5) is 17.1 Å². The number of nitrogens with zero attached hydrogens (tertiary/aromatic N) is 1. The number of carbonyl (C=O) groups excluding carboxylic acids is 2. The van der Waals surface area contributed by atoms with Crippen molar-refractivity contribution in [1.29, 1.82) is 0 Å². The van der Waals surface area contributed by atoms with Gasteiger partial charge in [-0.2, -0.15) is 0 Å². The van der Waals surface area contributed by atoms with Crippen molar-refractivity contribution in [3.63, 3.8) is 0 Å². The average Bonchev–Trinajstić information content (AvgIpc) is 2.67. The third-order valence-electron chi connectivity index (χ3n) is 3.71. The highest BCUT2D eigenvalue weighted by molar-refractivity contribution is 5.97. The highest BCUT2D eigenvalue weighted by Crippen LogP contribution is 2.23. The zero-order chi connectivity index (χ0) is 18.4. The molecule has 0 fully saturated rings.